The van der Waals surface area contributed by atoms with Gasteiger partial charge in [0.05, 0.1) is 18.8 Å². The van der Waals surface area contributed by atoms with E-state index in [0.29, 0.717) is 23.5 Å². The summed E-state index contributed by atoms with van der Waals surface area (Å²) in [4.78, 5) is 2.52. The number of hydrogen-bond acceptors (Lipinski definition) is 3. The summed E-state index contributed by atoms with van der Waals surface area (Å²) >= 11 is 0. The van der Waals surface area contributed by atoms with E-state index in [2.05, 4.69) is 39.5 Å². The van der Waals surface area contributed by atoms with Crippen LogP contribution in [0.15, 0.2) is 0 Å². The highest BCUT2D eigenvalue weighted by molar-refractivity contribution is 4.88. The van der Waals surface area contributed by atoms with Crippen LogP contribution < -0.4 is 0 Å². The molecule has 1 aliphatic carbocycles. The van der Waals surface area contributed by atoms with Gasteiger partial charge in [0.25, 0.3) is 0 Å². The van der Waals surface area contributed by atoms with Crippen LogP contribution in [0.1, 0.15) is 53.9 Å². The van der Waals surface area contributed by atoms with Crippen molar-refractivity contribution in [3.05, 3.63) is 0 Å². The van der Waals surface area contributed by atoms with Gasteiger partial charge in [0.2, 0.25) is 0 Å². The molecule has 2 rings (SSSR count). The Morgan fingerprint density at radius 3 is 2.55 bits per heavy atom. The van der Waals surface area contributed by atoms with Crippen LogP contribution in [0, 0.1) is 17.3 Å². The Balaban J connectivity index is 1.95. The fourth-order valence-electron chi connectivity index (χ4n) is 3.76. The molecule has 0 radical (unpaired) electrons. The van der Waals surface area contributed by atoms with E-state index in [-0.39, 0.29) is 6.10 Å². The van der Waals surface area contributed by atoms with Crippen molar-refractivity contribution in [2.75, 3.05) is 19.7 Å². The van der Waals surface area contributed by atoms with Crippen molar-refractivity contribution in [2.24, 2.45) is 17.3 Å². The van der Waals surface area contributed by atoms with Crippen LogP contribution in [0.2, 0.25) is 0 Å². The highest BCUT2D eigenvalue weighted by atomic mass is 16.5. The van der Waals surface area contributed by atoms with E-state index in [1.165, 1.54) is 12.8 Å². The van der Waals surface area contributed by atoms with Crippen molar-refractivity contribution in [1.29, 1.82) is 0 Å². The summed E-state index contributed by atoms with van der Waals surface area (Å²) in [6.45, 7) is 14.3. The van der Waals surface area contributed by atoms with Crippen LogP contribution in [0.25, 0.3) is 0 Å². The lowest BCUT2D eigenvalue weighted by Gasteiger charge is -2.44. The van der Waals surface area contributed by atoms with Gasteiger partial charge < -0.3 is 9.84 Å². The quantitative estimate of drug-likeness (QED) is 0.846. The van der Waals surface area contributed by atoms with Crippen LogP contribution >= 0.6 is 0 Å². The summed E-state index contributed by atoms with van der Waals surface area (Å²) in [7, 11) is 0. The van der Waals surface area contributed by atoms with Crippen molar-refractivity contribution < 1.29 is 9.84 Å². The molecule has 2 fully saturated rings. The molecule has 3 nitrogen and oxygen atoms in total. The standard InChI is InChI=1S/C17H33NO2/c1-12-11-20-13(2)9-18(12)10-14-8-15(17(3,4)5)6-7-16(14)19/h12-16,19H,6-11H2,1-5H3. The molecule has 1 saturated carbocycles. The third kappa shape index (κ3) is 3.96. The van der Waals surface area contributed by atoms with Gasteiger partial charge in [-0.05, 0) is 50.4 Å². The molecule has 1 saturated heterocycles. The molecular weight excluding hydrogens is 250 g/mol. The normalized spacial score (nSPS) is 40.8. The first-order chi connectivity index (χ1) is 9.27. The van der Waals surface area contributed by atoms with Crippen LogP contribution in [-0.4, -0.2) is 48.0 Å². The molecule has 20 heavy (non-hydrogen) atoms. The SMILES string of the molecule is CC1CN(CC2CC(C(C)(C)C)CCC2O)C(C)CO1. The predicted octanol–water partition coefficient (Wildman–Crippen LogP) is 2.92. The van der Waals surface area contributed by atoms with Gasteiger partial charge in [-0.25, -0.2) is 0 Å². The van der Waals surface area contributed by atoms with Gasteiger partial charge in [-0.2, -0.15) is 0 Å². The Morgan fingerprint density at radius 1 is 1.20 bits per heavy atom. The minimum Gasteiger partial charge on any atom is -0.393 e. The molecular formula is C17H33NO2. The third-order valence-electron chi connectivity index (χ3n) is 5.37. The second-order valence-corrected chi connectivity index (χ2v) is 8.15. The molecule has 0 bridgehead atoms. The molecule has 3 heteroatoms. The van der Waals surface area contributed by atoms with Crippen molar-refractivity contribution >= 4 is 0 Å². The Kier molecular flexibility index (Phi) is 5.14. The van der Waals surface area contributed by atoms with Gasteiger partial charge >= 0.3 is 0 Å². The fraction of sp³-hybridized carbons (Fsp3) is 1.00. The van der Waals surface area contributed by atoms with Crippen molar-refractivity contribution in [2.45, 2.75) is 72.1 Å². The summed E-state index contributed by atoms with van der Waals surface area (Å²) in [5, 5.41) is 10.4. The van der Waals surface area contributed by atoms with Crippen LogP contribution in [-0.2, 0) is 4.74 Å². The molecule has 2 aliphatic rings. The molecule has 1 heterocycles. The van der Waals surface area contributed by atoms with Gasteiger partial charge in [-0.3, -0.25) is 4.90 Å². The second-order valence-electron chi connectivity index (χ2n) is 8.15. The monoisotopic (exact) mass is 283 g/mol. The number of ether oxygens (including phenoxy) is 1. The first kappa shape index (κ1) is 16.3. The zero-order valence-corrected chi connectivity index (χ0v) is 13.9. The number of aliphatic hydroxyl groups is 1. The summed E-state index contributed by atoms with van der Waals surface area (Å²) < 4.78 is 5.71. The maximum absolute atomic E-state index is 10.4. The molecule has 0 aromatic rings. The molecule has 5 unspecified atom stereocenters. The minimum absolute atomic E-state index is 0.112. The van der Waals surface area contributed by atoms with Gasteiger partial charge in [0.15, 0.2) is 0 Å². The zero-order chi connectivity index (χ0) is 14.9. The first-order valence-electron chi connectivity index (χ1n) is 8.31. The number of rotatable bonds is 2. The Hall–Kier alpha value is -0.120. The average molecular weight is 283 g/mol. The third-order valence-corrected chi connectivity index (χ3v) is 5.37. The van der Waals surface area contributed by atoms with Gasteiger partial charge in [0, 0.05) is 19.1 Å². The molecule has 0 aromatic carbocycles. The zero-order valence-electron chi connectivity index (χ0n) is 13.9. The van der Waals surface area contributed by atoms with E-state index in [0.717, 1.165) is 32.0 Å². The average Bonchev–Trinajstić information content (AvgIpc) is 2.35. The highest BCUT2D eigenvalue weighted by Gasteiger charge is 2.37. The molecule has 5 atom stereocenters. The van der Waals surface area contributed by atoms with E-state index in [4.69, 9.17) is 4.74 Å². The van der Waals surface area contributed by atoms with Gasteiger partial charge in [0.1, 0.15) is 0 Å². The Labute approximate surface area is 124 Å². The Bertz CT molecular complexity index is 313. The van der Waals surface area contributed by atoms with E-state index < -0.39 is 0 Å². The summed E-state index contributed by atoms with van der Waals surface area (Å²) in [5.41, 5.74) is 0.363. The first-order valence-corrected chi connectivity index (χ1v) is 8.31. The number of morpholine rings is 1. The van der Waals surface area contributed by atoms with Crippen molar-refractivity contribution in [3.8, 4) is 0 Å². The molecule has 1 N–H and O–H groups in total. The molecule has 118 valence electrons. The lowest BCUT2D eigenvalue weighted by Crippen LogP contribution is -2.51. The largest absolute Gasteiger partial charge is 0.393 e. The smallest absolute Gasteiger partial charge is 0.0674 e. The fourth-order valence-corrected chi connectivity index (χ4v) is 3.76. The van der Waals surface area contributed by atoms with E-state index in [1.54, 1.807) is 0 Å². The van der Waals surface area contributed by atoms with E-state index >= 15 is 0 Å². The lowest BCUT2D eigenvalue weighted by molar-refractivity contribution is -0.0711. The number of nitrogens with zero attached hydrogens (tertiary/aromatic N) is 1. The van der Waals surface area contributed by atoms with Crippen LogP contribution in [0.4, 0.5) is 0 Å². The second kappa shape index (κ2) is 6.33. The number of hydrogen-bond donors (Lipinski definition) is 1. The van der Waals surface area contributed by atoms with E-state index in [9.17, 15) is 5.11 Å². The summed E-state index contributed by atoms with van der Waals surface area (Å²) in [5.74, 6) is 1.17. The Morgan fingerprint density at radius 2 is 1.90 bits per heavy atom. The van der Waals surface area contributed by atoms with Gasteiger partial charge in [-0.1, -0.05) is 20.8 Å². The van der Waals surface area contributed by atoms with Crippen molar-refractivity contribution in [3.63, 3.8) is 0 Å². The maximum atomic E-state index is 10.4. The molecule has 0 spiro atoms. The van der Waals surface area contributed by atoms with Gasteiger partial charge in [-0.15, -0.1) is 0 Å². The van der Waals surface area contributed by atoms with E-state index in [1.807, 2.05) is 0 Å². The van der Waals surface area contributed by atoms with Crippen LogP contribution in [0.5, 0.6) is 0 Å². The van der Waals surface area contributed by atoms with Crippen LogP contribution in [0.3, 0.4) is 0 Å². The molecule has 0 aromatic heterocycles. The molecule has 0 amide bonds. The number of aliphatic hydroxyl groups excluding tert-OH is 1. The lowest BCUT2D eigenvalue weighted by atomic mass is 9.68. The maximum Gasteiger partial charge on any atom is 0.0674 e. The minimum atomic E-state index is -0.112. The predicted molar refractivity (Wildman–Crippen MR) is 82.7 cm³/mol. The summed E-state index contributed by atoms with van der Waals surface area (Å²) in [6, 6.07) is 0.480. The summed E-state index contributed by atoms with van der Waals surface area (Å²) in [6.07, 6.45) is 3.53. The topological polar surface area (TPSA) is 32.7 Å². The van der Waals surface area contributed by atoms with Crippen molar-refractivity contribution in [1.82, 2.24) is 4.90 Å². The highest BCUT2D eigenvalue weighted by Crippen LogP contribution is 2.40. The molecule has 1 aliphatic heterocycles.